The van der Waals surface area contributed by atoms with Crippen LogP contribution in [0.1, 0.15) is 33.1 Å². The molecule has 0 spiro atoms. The molecule has 2 heterocycles. The van der Waals surface area contributed by atoms with Crippen molar-refractivity contribution in [2.24, 2.45) is 0 Å². The highest BCUT2D eigenvalue weighted by Gasteiger charge is 2.18. The minimum atomic E-state index is 0.579. The lowest BCUT2D eigenvalue weighted by Crippen LogP contribution is -2.33. The molecule has 0 radical (unpaired) electrons. The fourth-order valence-electron chi connectivity index (χ4n) is 2.72. The van der Waals surface area contributed by atoms with Gasteiger partial charge in [-0.25, -0.2) is 4.98 Å². The Morgan fingerprint density at radius 2 is 2.20 bits per heavy atom. The number of aromatic nitrogens is 2. The molecule has 1 aliphatic heterocycles. The Labute approximate surface area is 122 Å². The van der Waals surface area contributed by atoms with E-state index in [0.717, 1.165) is 38.7 Å². The molecule has 0 aromatic carbocycles. The van der Waals surface area contributed by atoms with Crippen molar-refractivity contribution in [1.29, 1.82) is 0 Å². The second kappa shape index (κ2) is 8.27. The van der Waals surface area contributed by atoms with Crippen LogP contribution in [0.25, 0.3) is 0 Å². The van der Waals surface area contributed by atoms with Crippen LogP contribution >= 0.6 is 0 Å². The van der Waals surface area contributed by atoms with Gasteiger partial charge in [-0.1, -0.05) is 0 Å². The van der Waals surface area contributed by atoms with Crippen LogP contribution in [-0.4, -0.2) is 53.3 Å². The molecule has 1 unspecified atom stereocenters. The number of imidazole rings is 1. The molecule has 0 amide bonds. The predicted molar refractivity (Wildman–Crippen MR) is 82.1 cm³/mol. The molecule has 1 aromatic rings. The van der Waals surface area contributed by atoms with Gasteiger partial charge in [0.2, 0.25) is 5.95 Å². The van der Waals surface area contributed by atoms with Crippen LogP contribution in [-0.2, 0) is 11.3 Å². The van der Waals surface area contributed by atoms with Crippen molar-refractivity contribution in [3.8, 4) is 0 Å². The Morgan fingerprint density at radius 3 is 2.95 bits per heavy atom. The highest BCUT2D eigenvalue weighted by Crippen LogP contribution is 2.14. The lowest BCUT2D eigenvalue weighted by Gasteiger charge is -2.24. The molecule has 1 atom stereocenters. The smallest absolute Gasteiger partial charge is 0.202 e. The van der Waals surface area contributed by atoms with Gasteiger partial charge in [-0.05, 0) is 46.2 Å². The van der Waals surface area contributed by atoms with Crippen LogP contribution in [0.2, 0.25) is 0 Å². The zero-order valence-corrected chi connectivity index (χ0v) is 12.8. The second-order valence-electron chi connectivity index (χ2n) is 5.47. The summed E-state index contributed by atoms with van der Waals surface area (Å²) in [7, 11) is 0. The Hall–Kier alpha value is -1.07. The van der Waals surface area contributed by atoms with E-state index in [1.54, 1.807) is 0 Å². The molecule has 20 heavy (non-hydrogen) atoms. The van der Waals surface area contributed by atoms with Crippen molar-refractivity contribution < 1.29 is 4.74 Å². The lowest BCUT2D eigenvalue weighted by atomic mass is 10.3. The number of nitrogens with one attached hydrogen (secondary N) is 1. The first-order chi connectivity index (χ1) is 9.81. The average Bonchev–Trinajstić information content (AvgIpc) is 3.10. The number of rotatable bonds is 9. The molecule has 1 fully saturated rings. The molecule has 1 saturated heterocycles. The van der Waals surface area contributed by atoms with Crippen LogP contribution in [0, 0.1) is 0 Å². The first-order valence-corrected chi connectivity index (χ1v) is 7.88. The van der Waals surface area contributed by atoms with Crippen molar-refractivity contribution in [3.63, 3.8) is 0 Å². The largest absolute Gasteiger partial charge is 0.382 e. The molecular weight excluding hydrogens is 252 g/mol. The number of anilines is 1. The fraction of sp³-hybridized carbons (Fsp3) is 0.800. The van der Waals surface area contributed by atoms with Crippen molar-refractivity contribution in [2.75, 3.05) is 38.2 Å². The van der Waals surface area contributed by atoms with E-state index in [-0.39, 0.29) is 0 Å². The Kier molecular flexibility index (Phi) is 6.33. The monoisotopic (exact) mass is 280 g/mol. The molecule has 5 nitrogen and oxygen atoms in total. The summed E-state index contributed by atoms with van der Waals surface area (Å²) < 4.78 is 7.57. The SMILES string of the molecule is CCOCCCNc1nccn1CC(C)N1CCCC1. The maximum Gasteiger partial charge on any atom is 0.202 e. The second-order valence-corrected chi connectivity index (χ2v) is 5.47. The summed E-state index contributed by atoms with van der Waals surface area (Å²) in [4.78, 5) is 6.97. The van der Waals surface area contributed by atoms with E-state index in [1.807, 2.05) is 13.1 Å². The van der Waals surface area contributed by atoms with Crippen LogP contribution in [0.3, 0.4) is 0 Å². The zero-order valence-electron chi connectivity index (χ0n) is 12.8. The highest BCUT2D eigenvalue weighted by molar-refractivity contribution is 5.25. The van der Waals surface area contributed by atoms with E-state index >= 15 is 0 Å². The van der Waals surface area contributed by atoms with Crippen molar-refractivity contribution in [2.45, 2.75) is 45.7 Å². The van der Waals surface area contributed by atoms with E-state index in [9.17, 15) is 0 Å². The summed E-state index contributed by atoms with van der Waals surface area (Å²) in [6.45, 7) is 10.4. The maximum atomic E-state index is 5.34. The van der Waals surface area contributed by atoms with Gasteiger partial charge in [0.05, 0.1) is 0 Å². The Balaban J connectivity index is 1.75. The quantitative estimate of drug-likeness (QED) is 0.704. The molecule has 2 rings (SSSR count). The highest BCUT2D eigenvalue weighted by atomic mass is 16.5. The topological polar surface area (TPSA) is 42.3 Å². The minimum absolute atomic E-state index is 0.579. The summed E-state index contributed by atoms with van der Waals surface area (Å²) in [6.07, 6.45) is 7.65. The number of hydrogen-bond donors (Lipinski definition) is 1. The van der Waals surface area contributed by atoms with Gasteiger partial charge in [0, 0.05) is 44.7 Å². The lowest BCUT2D eigenvalue weighted by molar-refractivity contribution is 0.147. The number of likely N-dealkylation sites (tertiary alicyclic amines) is 1. The Morgan fingerprint density at radius 1 is 1.40 bits per heavy atom. The summed E-state index contributed by atoms with van der Waals surface area (Å²) >= 11 is 0. The molecule has 1 aliphatic rings. The number of ether oxygens (including phenoxy) is 1. The molecule has 114 valence electrons. The van der Waals surface area contributed by atoms with E-state index in [4.69, 9.17) is 4.74 Å². The van der Waals surface area contributed by atoms with Crippen molar-refractivity contribution in [1.82, 2.24) is 14.5 Å². The van der Waals surface area contributed by atoms with E-state index in [2.05, 4.69) is 32.9 Å². The standard InChI is InChI=1S/C15H28N4O/c1-3-20-12-6-7-16-15-17-8-11-19(15)13-14(2)18-9-4-5-10-18/h8,11,14H,3-7,9-10,12-13H2,1-2H3,(H,16,17). The number of nitrogens with zero attached hydrogens (tertiary/aromatic N) is 3. The third kappa shape index (κ3) is 4.49. The van der Waals surface area contributed by atoms with Gasteiger partial charge in [0.15, 0.2) is 0 Å². The zero-order chi connectivity index (χ0) is 14.2. The van der Waals surface area contributed by atoms with Gasteiger partial charge in [-0.15, -0.1) is 0 Å². The molecule has 0 aliphatic carbocycles. The average molecular weight is 280 g/mol. The van der Waals surface area contributed by atoms with Crippen LogP contribution in [0.15, 0.2) is 12.4 Å². The van der Waals surface area contributed by atoms with Crippen LogP contribution in [0.5, 0.6) is 0 Å². The Bertz CT molecular complexity index is 374. The normalized spacial score (nSPS) is 17.5. The first-order valence-electron chi connectivity index (χ1n) is 7.88. The molecule has 0 bridgehead atoms. The van der Waals surface area contributed by atoms with Crippen LogP contribution < -0.4 is 5.32 Å². The first kappa shape index (κ1) is 15.3. The molecule has 5 heteroatoms. The minimum Gasteiger partial charge on any atom is -0.382 e. The van der Waals surface area contributed by atoms with Gasteiger partial charge in [0.25, 0.3) is 0 Å². The predicted octanol–water partition coefficient (Wildman–Crippen LogP) is 2.21. The van der Waals surface area contributed by atoms with Gasteiger partial charge >= 0.3 is 0 Å². The van der Waals surface area contributed by atoms with Crippen molar-refractivity contribution in [3.05, 3.63) is 12.4 Å². The third-order valence-corrected chi connectivity index (χ3v) is 3.89. The van der Waals surface area contributed by atoms with E-state index in [1.165, 1.54) is 25.9 Å². The maximum absolute atomic E-state index is 5.34. The summed E-state index contributed by atoms with van der Waals surface area (Å²) in [5.41, 5.74) is 0. The molecule has 1 N–H and O–H groups in total. The fourth-order valence-corrected chi connectivity index (χ4v) is 2.72. The summed E-state index contributed by atoms with van der Waals surface area (Å²) in [6, 6.07) is 0.579. The van der Waals surface area contributed by atoms with E-state index in [0.29, 0.717) is 6.04 Å². The molecule has 1 aromatic heterocycles. The molecular formula is C15H28N4O. The summed E-state index contributed by atoms with van der Waals surface area (Å²) in [5, 5.41) is 3.40. The van der Waals surface area contributed by atoms with Gasteiger partial charge < -0.3 is 14.6 Å². The van der Waals surface area contributed by atoms with Gasteiger partial charge in [-0.2, -0.15) is 0 Å². The number of hydrogen-bond acceptors (Lipinski definition) is 4. The van der Waals surface area contributed by atoms with Gasteiger partial charge in [0.1, 0.15) is 0 Å². The summed E-state index contributed by atoms with van der Waals surface area (Å²) in [5.74, 6) is 0.979. The van der Waals surface area contributed by atoms with Gasteiger partial charge in [-0.3, -0.25) is 4.90 Å². The van der Waals surface area contributed by atoms with E-state index < -0.39 is 0 Å². The van der Waals surface area contributed by atoms with Crippen molar-refractivity contribution >= 4 is 5.95 Å². The van der Waals surface area contributed by atoms with Crippen LogP contribution in [0.4, 0.5) is 5.95 Å². The third-order valence-electron chi connectivity index (χ3n) is 3.89. The molecule has 0 saturated carbocycles.